The molecule has 0 atom stereocenters. The average Bonchev–Trinajstić information content (AvgIpc) is 3.13. The Morgan fingerprint density at radius 3 is 2.56 bits per heavy atom. The maximum absolute atomic E-state index is 12.8. The number of hydrogen-bond donors (Lipinski definition) is 1. The Balaban J connectivity index is 1.87. The molecule has 1 heterocycles. The Morgan fingerprint density at radius 1 is 1.24 bits per heavy atom. The van der Waals surface area contributed by atoms with Crippen molar-refractivity contribution in [2.75, 3.05) is 33.4 Å². The van der Waals surface area contributed by atoms with Gasteiger partial charge in [0.25, 0.3) is 5.91 Å². The molecule has 1 aliphatic heterocycles. The van der Waals surface area contributed by atoms with Crippen LogP contribution in [0.2, 0.25) is 0 Å². The lowest BCUT2D eigenvalue weighted by Crippen LogP contribution is -2.41. The quantitative estimate of drug-likeness (QED) is 0.849. The van der Waals surface area contributed by atoms with E-state index < -0.39 is 10.0 Å². The molecule has 3 rings (SSSR count). The number of ether oxygens (including phenoxy) is 2. The molecule has 7 nitrogen and oxygen atoms in total. The summed E-state index contributed by atoms with van der Waals surface area (Å²) >= 11 is 0. The molecule has 1 aromatic rings. The number of rotatable bonds is 5. The molecule has 1 aromatic carbocycles. The molecule has 1 saturated heterocycles. The van der Waals surface area contributed by atoms with Crippen LogP contribution in [0.25, 0.3) is 0 Å². The minimum Gasteiger partial charge on any atom is -0.496 e. The number of morpholine rings is 1. The van der Waals surface area contributed by atoms with Crippen LogP contribution in [-0.2, 0) is 14.8 Å². The van der Waals surface area contributed by atoms with E-state index >= 15 is 0 Å². The van der Waals surface area contributed by atoms with Crippen molar-refractivity contribution in [3.63, 3.8) is 0 Å². The summed E-state index contributed by atoms with van der Waals surface area (Å²) in [7, 11) is -2.19. The molecule has 8 heteroatoms. The first-order valence-corrected chi connectivity index (χ1v) is 10.1. The second-order valence-corrected chi connectivity index (χ2v) is 8.08. The predicted molar refractivity (Wildman–Crippen MR) is 92.3 cm³/mol. The fraction of sp³-hybridized carbons (Fsp3) is 0.588. The molecule has 138 valence electrons. The maximum atomic E-state index is 12.8. The Morgan fingerprint density at radius 2 is 1.92 bits per heavy atom. The van der Waals surface area contributed by atoms with Crippen LogP contribution in [0.1, 0.15) is 36.0 Å². The highest BCUT2D eigenvalue weighted by Crippen LogP contribution is 2.26. The van der Waals surface area contributed by atoms with E-state index in [0.29, 0.717) is 32.1 Å². The van der Waals surface area contributed by atoms with Crippen molar-refractivity contribution < 1.29 is 22.7 Å². The van der Waals surface area contributed by atoms with Crippen molar-refractivity contribution in [1.29, 1.82) is 0 Å². The molecule has 0 spiro atoms. The van der Waals surface area contributed by atoms with Crippen LogP contribution in [0.4, 0.5) is 0 Å². The van der Waals surface area contributed by atoms with Crippen molar-refractivity contribution >= 4 is 15.9 Å². The first kappa shape index (κ1) is 18.2. The van der Waals surface area contributed by atoms with Crippen LogP contribution < -0.4 is 9.46 Å². The fourth-order valence-corrected chi connectivity index (χ4v) is 4.62. The lowest BCUT2D eigenvalue weighted by molar-refractivity contribution is 0.0300. The smallest absolute Gasteiger partial charge is 0.257 e. The monoisotopic (exact) mass is 368 g/mol. The number of methoxy groups -OCH3 is 1. The first-order chi connectivity index (χ1) is 12.0. The molecule has 0 radical (unpaired) electrons. The molecule has 0 unspecified atom stereocenters. The molecule has 0 bridgehead atoms. The van der Waals surface area contributed by atoms with E-state index in [9.17, 15) is 13.2 Å². The molecule has 1 aliphatic carbocycles. The number of nitrogens with zero attached hydrogens (tertiary/aromatic N) is 1. The third-order valence-corrected chi connectivity index (χ3v) is 6.21. The minimum absolute atomic E-state index is 0.0227. The largest absolute Gasteiger partial charge is 0.496 e. The predicted octanol–water partition coefficient (Wildman–Crippen LogP) is 1.39. The van der Waals surface area contributed by atoms with Crippen LogP contribution in [0.15, 0.2) is 23.1 Å². The zero-order valence-electron chi connectivity index (χ0n) is 14.4. The van der Waals surface area contributed by atoms with E-state index in [-0.39, 0.29) is 22.4 Å². The van der Waals surface area contributed by atoms with Gasteiger partial charge in [-0.25, -0.2) is 13.1 Å². The summed E-state index contributed by atoms with van der Waals surface area (Å²) in [4.78, 5) is 14.5. The van der Waals surface area contributed by atoms with Gasteiger partial charge < -0.3 is 14.4 Å². The van der Waals surface area contributed by atoms with Crippen molar-refractivity contribution in [3.8, 4) is 5.75 Å². The molecular weight excluding hydrogens is 344 g/mol. The zero-order chi connectivity index (χ0) is 17.9. The number of benzene rings is 1. The number of sulfonamides is 1. The van der Waals surface area contributed by atoms with Crippen molar-refractivity contribution in [3.05, 3.63) is 23.8 Å². The van der Waals surface area contributed by atoms with Gasteiger partial charge in [0.15, 0.2) is 0 Å². The van der Waals surface area contributed by atoms with Crippen LogP contribution in [0.3, 0.4) is 0 Å². The average molecular weight is 368 g/mol. The van der Waals surface area contributed by atoms with E-state index in [1.54, 1.807) is 4.90 Å². The standard InChI is InChI=1S/C17H24N2O5S/c1-23-16-7-6-14(25(21,22)18-13-4-2-3-5-13)12-15(16)17(20)19-8-10-24-11-9-19/h6-7,12-13,18H,2-5,8-11H2,1H3. The van der Waals surface area contributed by atoms with Gasteiger partial charge in [-0.3, -0.25) is 4.79 Å². The van der Waals surface area contributed by atoms with Crippen molar-refractivity contribution in [2.45, 2.75) is 36.6 Å². The third kappa shape index (κ3) is 4.13. The van der Waals surface area contributed by atoms with Gasteiger partial charge in [-0.05, 0) is 31.0 Å². The number of carbonyl (C=O) groups excluding carboxylic acids is 1. The molecule has 2 aliphatic rings. The molecular formula is C17H24N2O5S. The Bertz CT molecular complexity index is 723. The van der Waals surface area contributed by atoms with E-state index in [1.807, 2.05) is 0 Å². The Kier molecular flexibility index (Phi) is 5.61. The second-order valence-electron chi connectivity index (χ2n) is 6.37. The van der Waals surface area contributed by atoms with Crippen LogP contribution in [0, 0.1) is 0 Å². The Hall–Kier alpha value is -1.64. The summed E-state index contributed by atoms with van der Waals surface area (Å²) in [5.74, 6) is 0.134. The fourth-order valence-electron chi connectivity index (χ4n) is 3.29. The normalized spacial score (nSPS) is 19.2. The van der Waals surface area contributed by atoms with Crippen LogP contribution in [0.5, 0.6) is 5.75 Å². The van der Waals surface area contributed by atoms with E-state index in [0.717, 1.165) is 25.7 Å². The minimum atomic E-state index is -3.66. The zero-order valence-corrected chi connectivity index (χ0v) is 15.2. The van der Waals surface area contributed by atoms with Crippen molar-refractivity contribution in [2.24, 2.45) is 0 Å². The summed E-state index contributed by atoms with van der Waals surface area (Å²) in [5, 5.41) is 0. The van der Waals surface area contributed by atoms with Crippen LogP contribution >= 0.6 is 0 Å². The number of nitrogens with one attached hydrogen (secondary N) is 1. The van der Waals surface area contributed by atoms with E-state index in [1.165, 1.54) is 25.3 Å². The van der Waals surface area contributed by atoms with Gasteiger partial charge in [0, 0.05) is 19.1 Å². The SMILES string of the molecule is COc1ccc(S(=O)(=O)NC2CCCC2)cc1C(=O)N1CCOCC1. The van der Waals surface area contributed by atoms with Crippen LogP contribution in [-0.4, -0.2) is 58.7 Å². The van der Waals surface area contributed by atoms with Gasteiger partial charge in [-0.15, -0.1) is 0 Å². The summed E-state index contributed by atoms with van der Waals surface area (Å²) < 4.78 is 38.6. The summed E-state index contributed by atoms with van der Waals surface area (Å²) in [6, 6.07) is 4.40. The molecule has 1 saturated carbocycles. The summed E-state index contributed by atoms with van der Waals surface area (Å²) in [6.45, 7) is 1.93. The van der Waals surface area contributed by atoms with Gasteiger partial charge in [0.1, 0.15) is 5.75 Å². The molecule has 1 N–H and O–H groups in total. The first-order valence-electron chi connectivity index (χ1n) is 8.58. The second kappa shape index (κ2) is 7.72. The van der Waals surface area contributed by atoms with Gasteiger partial charge in [-0.2, -0.15) is 0 Å². The third-order valence-electron chi connectivity index (χ3n) is 4.69. The summed E-state index contributed by atoms with van der Waals surface area (Å²) in [5.41, 5.74) is 0.263. The molecule has 1 amide bonds. The topological polar surface area (TPSA) is 84.9 Å². The number of amides is 1. The van der Waals surface area contributed by atoms with Gasteiger partial charge in [0.05, 0.1) is 30.8 Å². The van der Waals surface area contributed by atoms with E-state index in [2.05, 4.69) is 4.72 Å². The number of hydrogen-bond acceptors (Lipinski definition) is 5. The van der Waals surface area contributed by atoms with E-state index in [4.69, 9.17) is 9.47 Å². The molecule has 25 heavy (non-hydrogen) atoms. The van der Waals surface area contributed by atoms with Crippen molar-refractivity contribution in [1.82, 2.24) is 9.62 Å². The maximum Gasteiger partial charge on any atom is 0.257 e. The van der Waals surface area contributed by atoms with Gasteiger partial charge in [-0.1, -0.05) is 12.8 Å². The lowest BCUT2D eigenvalue weighted by atomic mass is 10.1. The van der Waals surface area contributed by atoms with Gasteiger partial charge >= 0.3 is 0 Å². The molecule has 0 aromatic heterocycles. The highest BCUT2D eigenvalue weighted by Gasteiger charge is 2.27. The summed E-state index contributed by atoms with van der Waals surface area (Å²) in [6.07, 6.45) is 3.79. The Labute approximate surface area is 148 Å². The lowest BCUT2D eigenvalue weighted by Gasteiger charge is -2.27. The number of carbonyl (C=O) groups is 1. The highest BCUT2D eigenvalue weighted by atomic mass is 32.2. The molecule has 2 fully saturated rings. The van der Waals surface area contributed by atoms with Gasteiger partial charge in [0.2, 0.25) is 10.0 Å². The highest BCUT2D eigenvalue weighted by molar-refractivity contribution is 7.89.